The molecule has 0 saturated carbocycles. The summed E-state index contributed by atoms with van der Waals surface area (Å²) in [7, 11) is 0. The van der Waals surface area contributed by atoms with Crippen LogP contribution in [0.4, 0.5) is 0 Å². The van der Waals surface area contributed by atoms with Crippen molar-refractivity contribution < 1.29 is 9.53 Å². The van der Waals surface area contributed by atoms with Crippen LogP contribution in [0.2, 0.25) is 0 Å². The highest BCUT2D eigenvalue weighted by Gasteiger charge is 2.20. The van der Waals surface area contributed by atoms with Gasteiger partial charge in [-0.1, -0.05) is 18.2 Å². The molecule has 0 aliphatic carbocycles. The minimum atomic E-state index is -0.0400. The van der Waals surface area contributed by atoms with Gasteiger partial charge in [0.2, 0.25) is 5.91 Å². The lowest BCUT2D eigenvalue weighted by Crippen LogP contribution is -2.29. The van der Waals surface area contributed by atoms with Crippen LogP contribution in [0.15, 0.2) is 24.3 Å². The number of nitrogens with one attached hydrogen (secondary N) is 2. The molecule has 2 atom stereocenters. The van der Waals surface area contributed by atoms with Gasteiger partial charge in [0.1, 0.15) is 5.75 Å². The van der Waals surface area contributed by atoms with Crippen molar-refractivity contribution in [2.75, 3.05) is 13.1 Å². The van der Waals surface area contributed by atoms with E-state index in [1.165, 1.54) is 0 Å². The molecule has 21 heavy (non-hydrogen) atoms. The Kier molecular flexibility index (Phi) is 5.62. The summed E-state index contributed by atoms with van der Waals surface area (Å²) in [4.78, 5) is 12.1. The van der Waals surface area contributed by atoms with Crippen molar-refractivity contribution in [3.63, 3.8) is 0 Å². The van der Waals surface area contributed by atoms with E-state index >= 15 is 0 Å². The second-order valence-electron chi connectivity index (χ2n) is 6.06. The Balaban J connectivity index is 1.95. The molecule has 1 fully saturated rings. The lowest BCUT2D eigenvalue weighted by atomic mass is 10.0. The Bertz CT molecular complexity index is 468. The van der Waals surface area contributed by atoms with Crippen LogP contribution in [0.5, 0.6) is 5.75 Å². The van der Waals surface area contributed by atoms with Crippen LogP contribution < -0.4 is 15.4 Å². The molecule has 0 bridgehead atoms. The van der Waals surface area contributed by atoms with Crippen LogP contribution in [-0.2, 0) is 4.79 Å². The smallest absolute Gasteiger partial charge is 0.220 e. The molecular weight excluding hydrogens is 264 g/mol. The molecule has 0 aromatic heterocycles. The van der Waals surface area contributed by atoms with Crippen LogP contribution in [0, 0.1) is 5.92 Å². The van der Waals surface area contributed by atoms with Crippen LogP contribution in [0.3, 0.4) is 0 Å². The van der Waals surface area contributed by atoms with Gasteiger partial charge in [0.05, 0.1) is 12.1 Å². The Hall–Kier alpha value is -1.55. The maximum atomic E-state index is 12.1. The van der Waals surface area contributed by atoms with Gasteiger partial charge >= 0.3 is 0 Å². The maximum absolute atomic E-state index is 12.1. The number of amides is 1. The minimum absolute atomic E-state index is 0.0400. The second-order valence-corrected chi connectivity index (χ2v) is 6.06. The summed E-state index contributed by atoms with van der Waals surface area (Å²) in [6.07, 6.45) is 1.82. The quantitative estimate of drug-likeness (QED) is 0.847. The highest BCUT2D eigenvalue weighted by molar-refractivity contribution is 5.76. The standard InChI is InChI=1S/C17H26N2O2/c1-12(2)21-16-7-5-4-6-15(16)13(3)19-17(20)10-14-8-9-18-11-14/h4-7,12-14,18H,8-11H2,1-3H3,(H,19,20). The first-order chi connectivity index (χ1) is 10.1. The van der Waals surface area contributed by atoms with Crippen LogP contribution in [-0.4, -0.2) is 25.1 Å². The average molecular weight is 290 g/mol. The summed E-state index contributed by atoms with van der Waals surface area (Å²) in [6, 6.07) is 7.87. The molecule has 2 unspecified atom stereocenters. The fraction of sp³-hybridized carbons (Fsp3) is 0.588. The Morgan fingerprint density at radius 3 is 2.81 bits per heavy atom. The van der Waals surface area contributed by atoms with E-state index in [2.05, 4.69) is 10.6 Å². The lowest BCUT2D eigenvalue weighted by molar-refractivity contribution is -0.122. The number of benzene rings is 1. The van der Waals surface area contributed by atoms with Gasteiger partial charge in [0.25, 0.3) is 0 Å². The third-order valence-electron chi connectivity index (χ3n) is 3.76. The van der Waals surface area contributed by atoms with Crippen molar-refractivity contribution in [3.05, 3.63) is 29.8 Å². The van der Waals surface area contributed by atoms with Crippen molar-refractivity contribution in [1.29, 1.82) is 0 Å². The van der Waals surface area contributed by atoms with E-state index in [4.69, 9.17) is 4.74 Å². The van der Waals surface area contributed by atoms with Crippen LogP contribution in [0.1, 0.15) is 45.2 Å². The fourth-order valence-corrected chi connectivity index (χ4v) is 2.73. The zero-order chi connectivity index (χ0) is 15.2. The van der Waals surface area contributed by atoms with E-state index in [9.17, 15) is 4.79 Å². The molecule has 1 aromatic carbocycles. The highest BCUT2D eigenvalue weighted by atomic mass is 16.5. The second kappa shape index (κ2) is 7.46. The van der Waals surface area contributed by atoms with E-state index in [-0.39, 0.29) is 18.1 Å². The first-order valence-corrected chi connectivity index (χ1v) is 7.82. The molecule has 4 heteroatoms. The summed E-state index contributed by atoms with van der Waals surface area (Å²) >= 11 is 0. The summed E-state index contributed by atoms with van der Waals surface area (Å²) in [5.41, 5.74) is 1.03. The normalized spacial score (nSPS) is 19.5. The molecule has 2 N–H and O–H groups in total. The van der Waals surface area contributed by atoms with Gasteiger partial charge in [-0.3, -0.25) is 4.79 Å². The number of hydrogen-bond acceptors (Lipinski definition) is 3. The topological polar surface area (TPSA) is 50.4 Å². The first-order valence-electron chi connectivity index (χ1n) is 7.82. The minimum Gasteiger partial charge on any atom is -0.491 e. The predicted octanol–water partition coefficient (Wildman–Crippen LogP) is 2.65. The number of rotatable bonds is 6. The van der Waals surface area contributed by atoms with Gasteiger partial charge in [0, 0.05) is 12.0 Å². The molecule has 1 aromatic rings. The fourth-order valence-electron chi connectivity index (χ4n) is 2.73. The van der Waals surface area contributed by atoms with Gasteiger partial charge in [-0.05, 0) is 52.3 Å². The van der Waals surface area contributed by atoms with Gasteiger partial charge in [0.15, 0.2) is 0 Å². The number of para-hydroxylation sites is 1. The number of ether oxygens (including phenoxy) is 1. The first kappa shape index (κ1) is 15.8. The largest absolute Gasteiger partial charge is 0.491 e. The molecule has 1 heterocycles. The number of carbonyl (C=O) groups is 1. The summed E-state index contributed by atoms with van der Waals surface area (Å²) in [6.45, 7) is 8.00. The molecule has 4 nitrogen and oxygen atoms in total. The van der Waals surface area contributed by atoms with E-state index < -0.39 is 0 Å². The Morgan fingerprint density at radius 1 is 1.38 bits per heavy atom. The molecule has 0 spiro atoms. The summed E-state index contributed by atoms with van der Waals surface area (Å²) < 4.78 is 5.82. The van der Waals surface area contributed by atoms with Crippen LogP contribution in [0.25, 0.3) is 0 Å². The SMILES string of the molecule is CC(C)Oc1ccccc1C(C)NC(=O)CC1CCNC1. The Labute approximate surface area is 127 Å². The molecule has 2 rings (SSSR count). The molecule has 116 valence electrons. The zero-order valence-corrected chi connectivity index (χ0v) is 13.2. The number of carbonyl (C=O) groups excluding carboxylic acids is 1. The van der Waals surface area contributed by atoms with Crippen molar-refractivity contribution in [2.45, 2.75) is 45.8 Å². The average Bonchev–Trinajstić information content (AvgIpc) is 2.91. The summed E-state index contributed by atoms with van der Waals surface area (Å²) in [5, 5.41) is 6.38. The van der Waals surface area contributed by atoms with Crippen molar-refractivity contribution in [1.82, 2.24) is 10.6 Å². The van der Waals surface area contributed by atoms with E-state index in [1.54, 1.807) is 0 Å². The zero-order valence-electron chi connectivity index (χ0n) is 13.2. The molecule has 1 saturated heterocycles. The lowest BCUT2D eigenvalue weighted by Gasteiger charge is -2.20. The summed E-state index contributed by atoms with van der Waals surface area (Å²) in [5.74, 6) is 1.44. The monoisotopic (exact) mass is 290 g/mol. The van der Waals surface area contributed by atoms with Gasteiger partial charge in [-0.2, -0.15) is 0 Å². The molecular formula is C17H26N2O2. The maximum Gasteiger partial charge on any atom is 0.220 e. The predicted molar refractivity (Wildman–Crippen MR) is 84.4 cm³/mol. The molecule has 1 aliphatic heterocycles. The van der Waals surface area contributed by atoms with E-state index in [0.29, 0.717) is 12.3 Å². The van der Waals surface area contributed by atoms with Gasteiger partial charge in [-0.15, -0.1) is 0 Å². The Morgan fingerprint density at radius 2 is 2.14 bits per heavy atom. The van der Waals surface area contributed by atoms with Gasteiger partial charge < -0.3 is 15.4 Å². The molecule has 1 amide bonds. The van der Waals surface area contributed by atoms with Gasteiger partial charge in [-0.25, -0.2) is 0 Å². The van der Waals surface area contributed by atoms with E-state index in [0.717, 1.165) is 30.8 Å². The molecule has 1 aliphatic rings. The number of hydrogen-bond donors (Lipinski definition) is 2. The van der Waals surface area contributed by atoms with Crippen LogP contribution >= 0.6 is 0 Å². The molecule has 0 radical (unpaired) electrons. The van der Waals surface area contributed by atoms with Crippen molar-refractivity contribution in [3.8, 4) is 5.75 Å². The van der Waals surface area contributed by atoms with Crippen molar-refractivity contribution >= 4 is 5.91 Å². The third kappa shape index (κ3) is 4.74. The third-order valence-corrected chi connectivity index (χ3v) is 3.76. The highest BCUT2D eigenvalue weighted by Crippen LogP contribution is 2.26. The van der Waals surface area contributed by atoms with E-state index in [1.807, 2.05) is 45.0 Å². The van der Waals surface area contributed by atoms with Crippen molar-refractivity contribution in [2.24, 2.45) is 5.92 Å².